The number of hydrogen-bond acceptors (Lipinski definition) is 3. The van der Waals surface area contributed by atoms with E-state index in [1.807, 2.05) is 49.4 Å². The molecule has 2 unspecified atom stereocenters. The molecule has 0 fully saturated rings. The summed E-state index contributed by atoms with van der Waals surface area (Å²) in [5.41, 5.74) is 7.04. The molecule has 2 N–H and O–H groups in total. The number of furan rings is 1. The van der Waals surface area contributed by atoms with Crippen molar-refractivity contribution in [1.29, 1.82) is 0 Å². The van der Waals surface area contributed by atoms with E-state index in [1.54, 1.807) is 6.26 Å². The third-order valence-corrected chi connectivity index (χ3v) is 2.57. The maximum absolute atomic E-state index is 5.91. The van der Waals surface area contributed by atoms with Crippen LogP contribution in [-0.4, -0.2) is 6.04 Å². The highest BCUT2D eigenvalue weighted by molar-refractivity contribution is 5.14. The average Bonchev–Trinajstić information content (AvgIpc) is 2.84. The molecule has 0 radical (unpaired) electrons. The first-order chi connectivity index (χ1) is 8.27. The van der Waals surface area contributed by atoms with Gasteiger partial charge in [0.2, 0.25) is 0 Å². The molecule has 90 valence electrons. The normalized spacial score (nSPS) is 14.5. The molecule has 3 heteroatoms. The molecule has 0 amide bonds. The Morgan fingerprint density at radius 2 is 1.94 bits per heavy atom. The molecule has 0 spiro atoms. The molecule has 0 bridgehead atoms. The second kappa shape index (κ2) is 5.66. The van der Waals surface area contributed by atoms with E-state index >= 15 is 0 Å². The van der Waals surface area contributed by atoms with Crippen LogP contribution in [0.25, 0.3) is 0 Å². The number of rotatable bonds is 5. The molecule has 0 saturated heterocycles. The molecule has 0 aliphatic heterocycles. The first-order valence-electron chi connectivity index (χ1n) is 5.72. The van der Waals surface area contributed by atoms with Crippen LogP contribution in [0.1, 0.15) is 24.4 Å². The molecule has 1 aromatic heterocycles. The number of nitrogens with two attached hydrogens (primary N) is 1. The molecule has 2 aromatic rings. The molecular weight excluding hydrogens is 214 g/mol. The smallest absolute Gasteiger partial charge is 0.134 e. The van der Waals surface area contributed by atoms with Crippen LogP contribution in [0, 0.1) is 0 Å². The van der Waals surface area contributed by atoms with Gasteiger partial charge < -0.3 is 14.9 Å². The molecule has 1 heterocycles. The van der Waals surface area contributed by atoms with Crippen LogP contribution in [0.5, 0.6) is 0 Å². The van der Waals surface area contributed by atoms with Crippen molar-refractivity contribution in [3.8, 4) is 0 Å². The molecule has 1 aromatic carbocycles. The number of hydrogen-bond donors (Lipinski definition) is 1. The van der Waals surface area contributed by atoms with E-state index in [9.17, 15) is 0 Å². The third kappa shape index (κ3) is 3.19. The maximum Gasteiger partial charge on any atom is 0.134 e. The lowest BCUT2D eigenvalue weighted by atomic mass is 10.1. The SMILES string of the molecule is CC(N)C(OCc1ccccc1)c1ccco1. The molecule has 0 aliphatic carbocycles. The Morgan fingerprint density at radius 1 is 1.18 bits per heavy atom. The monoisotopic (exact) mass is 231 g/mol. The summed E-state index contributed by atoms with van der Waals surface area (Å²) in [4.78, 5) is 0. The van der Waals surface area contributed by atoms with Crippen LogP contribution >= 0.6 is 0 Å². The van der Waals surface area contributed by atoms with Gasteiger partial charge in [-0.2, -0.15) is 0 Å². The van der Waals surface area contributed by atoms with Crippen LogP contribution in [-0.2, 0) is 11.3 Å². The Labute approximate surface area is 101 Å². The Bertz CT molecular complexity index is 423. The molecule has 2 atom stereocenters. The Balaban J connectivity index is 2.00. The second-order valence-corrected chi connectivity index (χ2v) is 4.09. The summed E-state index contributed by atoms with van der Waals surface area (Å²) >= 11 is 0. The second-order valence-electron chi connectivity index (χ2n) is 4.09. The minimum absolute atomic E-state index is 0.107. The maximum atomic E-state index is 5.91. The summed E-state index contributed by atoms with van der Waals surface area (Å²) in [6, 6.07) is 13.7. The zero-order chi connectivity index (χ0) is 12.1. The van der Waals surface area contributed by atoms with E-state index in [2.05, 4.69) is 0 Å². The van der Waals surface area contributed by atoms with Gasteiger partial charge in [-0.1, -0.05) is 30.3 Å². The van der Waals surface area contributed by atoms with Gasteiger partial charge in [0.1, 0.15) is 11.9 Å². The van der Waals surface area contributed by atoms with Gasteiger partial charge >= 0.3 is 0 Å². The van der Waals surface area contributed by atoms with Crippen molar-refractivity contribution in [3.05, 3.63) is 60.1 Å². The van der Waals surface area contributed by atoms with Crippen molar-refractivity contribution in [2.75, 3.05) is 0 Å². The van der Waals surface area contributed by atoms with Crippen molar-refractivity contribution in [2.45, 2.75) is 25.7 Å². The van der Waals surface area contributed by atoms with Gasteiger partial charge in [0.25, 0.3) is 0 Å². The predicted molar refractivity (Wildman–Crippen MR) is 66.3 cm³/mol. The van der Waals surface area contributed by atoms with Crippen molar-refractivity contribution >= 4 is 0 Å². The fourth-order valence-electron chi connectivity index (χ4n) is 1.71. The molecule has 3 nitrogen and oxygen atoms in total. The minimum Gasteiger partial charge on any atom is -0.467 e. The van der Waals surface area contributed by atoms with Crippen molar-refractivity contribution in [1.82, 2.24) is 0 Å². The lowest BCUT2D eigenvalue weighted by Gasteiger charge is -2.19. The van der Waals surface area contributed by atoms with E-state index in [1.165, 1.54) is 0 Å². The molecule has 2 rings (SSSR count). The van der Waals surface area contributed by atoms with Crippen molar-refractivity contribution < 1.29 is 9.15 Å². The molecule has 0 saturated carbocycles. The van der Waals surface area contributed by atoms with Gasteiger partial charge in [-0.25, -0.2) is 0 Å². The first kappa shape index (κ1) is 11.9. The first-order valence-corrected chi connectivity index (χ1v) is 5.72. The van der Waals surface area contributed by atoms with E-state index < -0.39 is 0 Å². The van der Waals surface area contributed by atoms with E-state index in [4.69, 9.17) is 14.9 Å². The number of ether oxygens (including phenoxy) is 1. The standard InChI is InChI=1S/C14H17NO2/c1-11(15)14(13-8-5-9-16-13)17-10-12-6-3-2-4-7-12/h2-9,11,14H,10,15H2,1H3. The lowest BCUT2D eigenvalue weighted by molar-refractivity contribution is 0.0120. The van der Waals surface area contributed by atoms with E-state index in [0.29, 0.717) is 6.61 Å². The van der Waals surface area contributed by atoms with Crippen LogP contribution in [0.2, 0.25) is 0 Å². The van der Waals surface area contributed by atoms with Crippen molar-refractivity contribution in [3.63, 3.8) is 0 Å². The third-order valence-electron chi connectivity index (χ3n) is 2.57. The van der Waals surface area contributed by atoms with Crippen molar-refractivity contribution in [2.24, 2.45) is 5.73 Å². The van der Waals surface area contributed by atoms with Gasteiger partial charge in [0, 0.05) is 6.04 Å². The Hall–Kier alpha value is -1.58. The largest absolute Gasteiger partial charge is 0.467 e. The van der Waals surface area contributed by atoms with Crippen LogP contribution < -0.4 is 5.73 Å². The summed E-state index contributed by atoms with van der Waals surface area (Å²) in [6.45, 7) is 2.45. The van der Waals surface area contributed by atoms with Gasteiger partial charge in [-0.3, -0.25) is 0 Å². The number of benzene rings is 1. The Morgan fingerprint density at radius 3 is 2.53 bits per heavy atom. The summed E-state index contributed by atoms with van der Waals surface area (Å²) < 4.78 is 11.2. The van der Waals surface area contributed by atoms with Crippen LogP contribution in [0.4, 0.5) is 0 Å². The highest BCUT2D eigenvalue weighted by atomic mass is 16.5. The topological polar surface area (TPSA) is 48.4 Å². The van der Waals surface area contributed by atoms with Gasteiger partial charge in [0.05, 0.1) is 12.9 Å². The summed E-state index contributed by atoms with van der Waals surface area (Å²) in [5, 5.41) is 0. The summed E-state index contributed by atoms with van der Waals surface area (Å²) in [5.74, 6) is 0.774. The highest BCUT2D eigenvalue weighted by Crippen LogP contribution is 2.22. The summed E-state index contributed by atoms with van der Waals surface area (Å²) in [6.07, 6.45) is 1.43. The zero-order valence-corrected chi connectivity index (χ0v) is 9.87. The lowest BCUT2D eigenvalue weighted by Crippen LogP contribution is -2.26. The fraction of sp³-hybridized carbons (Fsp3) is 0.286. The highest BCUT2D eigenvalue weighted by Gasteiger charge is 2.19. The van der Waals surface area contributed by atoms with Gasteiger partial charge in [-0.15, -0.1) is 0 Å². The molecule has 0 aliphatic rings. The average molecular weight is 231 g/mol. The van der Waals surface area contributed by atoms with E-state index in [0.717, 1.165) is 11.3 Å². The van der Waals surface area contributed by atoms with Crippen LogP contribution in [0.3, 0.4) is 0 Å². The fourth-order valence-corrected chi connectivity index (χ4v) is 1.71. The van der Waals surface area contributed by atoms with Crippen LogP contribution in [0.15, 0.2) is 53.1 Å². The minimum atomic E-state index is -0.204. The molecular formula is C14H17NO2. The quantitative estimate of drug-likeness (QED) is 0.860. The van der Waals surface area contributed by atoms with Gasteiger partial charge in [-0.05, 0) is 24.6 Å². The van der Waals surface area contributed by atoms with Gasteiger partial charge in [0.15, 0.2) is 0 Å². The summed E-state index contributed by atoms with van der Waals surface area (Å²) in [7, 11) is 0. The zero-order valence-electron chi connectivity index (χ0n) is 9.87. The predicted octanol–water partition coefficient (Wildman–Crippen LogP) is 2.88. The molecule has 17 heavy (non-hydrogen) atoms. The Kier molecular flexibility index (Phi) is 3.96. The van der Waals surface area contributed by atoms with E-state index in [-0.39, 0.29) is 12.1 Å².